The summed E-state index contributed by atoms with van der Waals surface area (Å²) in [6.07, 6.45) is 3.22. The minimum atomic E-state index is -0.480. The number of fused-ring (bicyclic) bond motifs is 2. The van der Waals surface area contributed by atoms with Crippen LogP contribution in [0.25, 0.3) is 11.4 Å². The van der Waals surface area contributed by atoms with E-state index in [1.54, 1.807) is 36.4 Å². The van der Waals surface area contributed by atoms with Crippen LogP contribution in [-0.2, 0) is 22.4 Å². The number of carbonyl (C=O) groups is 1. The summed E-state index contributed by atoms with van der Waals surface area (Å²) in [7, 11) is 0. The first-order chi connectivity index (χ1) is 17.8. The topological polar surface area (TPSA) is 69.4 Å². The SMILES string of the molecule is CC(C)CC(=O)Cc1nn(-c2ccc(CCN3C4CCC3COC4)c(F)c2)c(=O)n1-c1cccc(Cl)c1. The highest BCUT2D eigenvalue weighted by Crippen LogP contribution is 2.29. The lowest BCUT2D eigenvalue weighted by Gasteiger charge is -2.34. The van der Waals surface area contributed by atoms with Gasteiger partial charge in [-0.1, -0.05) is 37.6 Å². The van der Waals surface area contributed by atoms with Crippen LogP contribution in [0.1, 0.15) is 44.5 Å². The Labute approximate surface area is 220 Å². The number of morpholine rings is 1. The van der Waals surface area contributed by atoms with Crippen molar-refractivity contribution < 1.29 is 13.9 Å². The Hall–Kier alpha value is -2.81. The minimum absolute atomic E-state index is 0.00458. The number of nitrogens with zero attached hydrogens (tertiary/aromatic N) is 4. The summed E-state index contributed by atoms with van der Waals surface area (Å²) >= 11 is 6.17. The Morgan fingerprint density at radius 1 is 1.14 bits per heavy atom. The molecule has 3 heterocycles. The molecule has 2 aromatic carbocycles. The highest BCUT2D eigenvalue weighted by molar-refractivity contribution is 6.30. The second kappa shape index (κ2) is 10.9. The van der Waals surface area contributed by atoms with Crippen molar-refractivity contribution in [2.45, 2.75) is 58.0 Å². The predicted octanol–water partition coefficient (Wildman–Crippen LogP) is 4.38. The lowest BCUT2D eigenvalue weighted by molar-refractivity contribution is -0.119. The molecule has 1 aromatic heterocycles. The molecule has 3 aromatic rings. The third-order valence-electron chi connectivity index (χ3n) is 7.22. The minimum Gasteiger partial charge on any atom is -0.378 e. The summed E-state index contributed by atoms with van der Waals surface area (Å²) in [5.41, 5.74) is 0.945. The maximum atomic E-state index is 15.2. The number of hydrogen-bond acceptors (Lipinski definition) is 5. The normalized spacial score (nSPS) is 19.6. The van der Waals surface area contributed by atoms with Gasteiger partial charge in [0.15, 0.2) is 0 Å². The van der Waals surface area contributed by atoms with Gasteiger partial charge in [0.2, 0.25) is 0 Å². The number of Topliss-reactive ketones (excluding diaryl/α,β-unsaturated/α-hetero) is 1. The van der Waals surface area contributed by atoms with Crippen molar-refractivity contribution in [2.75, 3.05) is 19.8 Å². The van der Waals surface area contributed by atoms with Gasteiger partial charge < -0.3 is 4.74 Å². The summed E-state index contributed by atoms with van der Waals surface area (Å²) in [5, 5.41) is 4.93. The van der Waals surface area contributed by atoms with E-state index in [1.165, 1.54) is 10.6 Å². The lowest BCUT2D eigenvalue weighted by atomic mass is 10.1. The van der Waals surface area contributed by atoms with Gasteiger partial charge in [-0.3, -0.25) is 9.69 Å². The first-order valence-electron chi connectivity index (χ1n) is 12.9. The predicted molar refractivity (Wildman–Crippen MR) is 140 cm³/mol. The third-order valence-corrected chi connectivity index (χ3v) is 7.45. The van der Waals surface area contributed by atoms with Crippen molar-refractivity contribution in [1.82, 2.24) is 19.2 Å². The van der Waals surface area contributed by atoms with Gasteiger partial charge in [0.05, 0.1) is 31.0 Å². The Kier molecular flexibility index (Phi) is 7.60. The summed E-state index contributed by atoms with van der Waals surface area (Å²) in [6, 6.07) is 12.5. The van der Waals surface area contributed by atoms with Crippen LogP contribution in [-0.4, -0.2) is 56.9 Å². The number of aromatic nitrogens is 3. The molecule has 2 aliphatic heterocycles. The van der Waals surface area contributed by atoms with Gasteiger partial charge in [0.1, 0.15) is 17.4 Å². The highest BCUT2D eigenvalue weighted by Gasteiger charge is 2.36. The van der Waals surface area contributed by atoms with E-state index in [9.17, 15) is 9.59 Å². The Balaban J connectivity index is 1.42. The third kappa shape index (κ3) is 5.56. The summed E-state index contributed by atoms with van der Waals surface area (Å²) < 4.78 is 23.4. The van der Waals surface area contributed by atoms with Crippen LogP contribution in [0.15, 0.2) is 47.3 Å². The molecule has 5 rings (SSSR count). The molecule has 2 fully saturated rings. The van der Waals surface area contributed by atoms with Crippen molar-refractivity contribution in [3.05, 3.63) is 75.2 Å². The molecular formula is C28H32ClFN4O3. The number of ketones is 1. The number of ether oxygens (including phenoxy) is 1. The molecule has 7 nitrogen and oxygen atoms in total. The molecule has 0 spiro atoms. The zero-order valence-corrected chi connectivity index (χ0v) is 22.0. The molecule has 2 saturated heterocycles. The molecule has 2 bridgehead atoms. The molecule has 196 valence electrons. The molecule has 0 aliphatic carbocycles. The van der Waals surface area contributed by atoms with Gasteiger partial charge in [-0.25, -0.2) is 13.8 Å². The van der Waals surface area contributed by atoms with E-state index in [-0.39, 0.29) is 23.9 Å². The van der Waals surface area contributed by atoms with E-state index in [2.05, 4.69) is 10.00 Å². The number of halogens is 2. The number of carbonyl (C=O) groups excluding carboxylic acids is 1. The molecule has 2 unspecified atom stereocenters. The van der Waals surface area contributed by atoms with Crippen LogP contribution in [0.4, 0.5) is 4.39 Å². The lowest BCUT2D eigenvalue weighted by Crippen LogP contribution is -2.46. The number of benzene rings is 2. The second-order valence-corrected chi connectivity index (χ2v) is 10.9. The van der Waals surface area contributed by atoms with Crippen LogP contribution >= 0.6 is 11.6 Å². The maximum absolute atomic E-state index is 15.2. The molecule has 2 atom stereocenters. The van der Waals surface area contributed by atoms with Crippen LogP contribution in [0.2, 0.25) is 5.02 Å². The van der Waals surface area contributed by atoms with Crippen LogP contribution < -0.4 is 5.69 Å². The fourth-order valence-electron chi connectivity index (χ4n) is 5.47. The zero-order chi connectivity index (χ0) is 26.1. The van der Waals surface area contributed by atoms with Crippen molar-refractivity contribution in [3.63, 3.8) is 0 Å². The fourth-order valence-corrected chi connectivity index (χ4v) is 5.65. The van der Waals surface area contributed by atoms with E-state index in [1.807, 2.05) is 13.8 Å². The first kappa shape index (κ1) is 25.8. The summed E-state index contributed by atoms with van der Waals surface area (Å²) in [5.74, 6) is 0.0919. The van der Waals surface area contributed by atoms with Crippen molar-refractivity contribution in [1.29, 1.82) is 0 Å². The van der Waals surface area contributed by atoms with Crippen molar-refractivity contribution in [2.24, 2.45) is 5.92 Å². The van der Waals surface area contributed by atoms with E-state index in [4.69, 9.17) is 16.3 Å². The standard InChI is InChI=1S/C28H32ClFN4O3/c1-18(2)12-25(35)15-27-31-34(28(36)33(27)21-5-3-4-20(29)13-21)22-7-6-19(26(30)14-22)10-11-32-23-8-9-24(32)17-37-16-23/h3-7,13-14,18,23-24H,8-12,15-17H2,1-2H3. The second-order valence-electron chi connectivity index (χ2n) is 10.4. The van der Waals surface area contributed by atoms with Crippen LogP contribution in [0.5, 0.6) is 0 Å². The van der Waals surface area contributed by atoms with Gasteiger partial charge in [0, 0.05) is 36.1 Å². The van der Waals surface area contributed by atoms with E-state index >= 15 is 4.39 Å². The van der Waals surface area contributed by atoms with Gasteiger partial charge in [-0.15, -0.1) is 5.10 Å². The van der Waals surface area contributed by atoms with Crippen LogP contribution in [0.3, 0.4) is 0 Å². The highest BCUT2D eigenvalue weighted by atomic mass is 35.5. The monoisotopic (exact) mass is 526 g/mol. The van der Waals surface area contributed by atoms with Crippen LogP contribution in [0, 0.1) is 11.7 Å². The molecule has 2 aliphatic rings. The summed E-state index contributed by atoms with van der Waals surface area (Å²) in [6.45, 7) is 6.21. The Morgan fingerprint density at radius 3 is 2.57 bits per heavy atom. The molecule has 0 N–H and O–H groups in total. The van der Waals surface area contributed by atoms with E-state index < -0.39 is 5.69 Å². The maximum Gasteiger partial charge on any atom is 0.355 e. The van der Waals surface area contributed by atoms with Gasteiger partial charge in [-0.2, -0.15) is 4.68 Å². The molecule has 9 heteroatoms. The molecular weight excluding hydrogens is 495 g/mol. The molecule has 0 radical (unpaired) electrons. The van der Waals surface area contributed by atoms with Gasteiger partial charge in [-0.05, 0) is 55.0 Å². The number of hydrogen-bond donors (Lipinski definition) is 0. The van der Waals surface area contributed by atoms with Crippen molar-refractivity contribution in [3.8, 4) is 11.4 Å². The largest absolute Gasteiger partial charge is 0.378 e. The van der Waals surface area contributed by atoms with Gasteiger partial charge >= 0.3 is 5.69 Å². The smallest absolute Gasteiger partial charge is 0.355 e. The Bertz CT molecular complexity index is 1340. The molecule has 0 saturated carbocycles. The first-order valence-corrected chi connectivity index (χ1v) is 13.3. The molecule has 0 amide bonds. The Morgan fingerprint density at radius 2 is 1.89 bits per heavy atom. The zero-order valence-electron chi connectivity index (χ0n) is 21.2. The fraction of sp³-hybridized carbons (Fsp3) is 0.464. The van der Waals surface area contributed by atoms with Gasteiger partial charge in [0.25, 0.3) is 0 Å². The van der Waals surface area contributed by atoms with E-state index in [0.717, 1.165) is 37.3 Å². The van der Waals surface area contributed by atoms with Crippen molar-refractivity contribution >= 4 is 17.4 Å². The summed E-state index contributed by atoms with van der Waals surface area (Å²) in [4.78, 5) is 28.5. The average Bonchev–Trinajstić information content (AvgIpc) is 3.27. The quantitative estimate of drug-likeness (QED) is 0.414. The molecule has 37 heavy (non-hydrogen) atoms. The number of rotatable bonds is 9. The average molecular weight is 527 g/mol. The van der Waals surface area contributed by atoms with E-state index in [0.29, 0.717) is 52.7 Å².